The van der Waals surface area contributed by atoms with Gasteiger partial charge in [0.2, 0.25) is 0 Å². The van der Waals surface area contributed by atoms with Crippen LogP contribution in [0.1, 0.15) is 64.2 Å². The summed E-state index contributed by atoms with van der Waals surface area (Å²) in [5.74, 6) is 0.881. The maximum atomic E-state index is 12.2. The van der Waals surface area contributed by atoms with Crippen LogP contribution >= 0.6 is 23.5 Å². The number of carbonyl (C=O) groups excluding carboxylic acids is 1. The molecule has 0 unspecified atom stereocenters. The molecule has 0 aromatic heterocycles. The summed E-state index contributed by atoms with van der Waals surface area (Å²) in [6, 6.07) is 0. The van der Waals surface area contributed by atoms with Crippen LogP contribution in [0.15, 0.2) is 12.2 Å². The zero-order valence-corrected chi connectivity index (χ0v) is 17.5. The van der Waals surface area contributed by atoms with Gasteiger partial charge in [-0.1, -0.05) is 56.0 Å². The molecule has 5 nitrogen and oxygen atoms in total. The lowest BCUT2D eigenvalue weighted by Gasteiger charge is -2.20. The van der Waals surface area contributed by atoms with Crippen molar-refractivity contribution in [3.63, 3.8) is 0 Å². The van der Waals surface area contributed by atoms with E-state index in [1.54, 1.807) is 11.8 Å². The lowest BCUT2D eigenvalue weighted by atomic mass is 9.86. The summed E-state index contributed by atoms with van der Waals surface area (Å²) in [4.78, 5) is 22.8. The van der Waals surface area contributed by atoms with E-state index in [-0.39, 0.29) is 5.25 Å². The Hall–Kier alpha value is -0.500. The number of ketones is 1. The molecule has 3 N–H and O–H groups in total. The number of aliphatic hydroxyl groups is 2. The van der Waals surface area contributed by atoms with Gasteiger partial charge in [0, 0.05) is 6.42 Å². The second-order valence-corrected chi connectivity index (χ2v) is 10.1. The third kappa shape index (κ3) is 7.80. The monoisotopic (exact) mass is 416 g/mol. The van der Waals surface area contributed by atoms with Gasteiger partial charge in [0.15, 0.2) is 0 Å². The number of carboxylic acid groups (broad SMARTS) is 1. The number of hydrogen-bond acceptors (Lipinski definition) is 6. The van der Waals surface area contributed by atoms with Gasteiger partial charge in [0.05, 0.1) is 5.25 Å². The molecule has 0 bridgehead atoms. The van der Waals surface area contributed by atoms with Crippen molar-refractivity contribution in [3.8, 4) is 0 Å². The Kier molecular flexibility index (Phi) is 9.70. The Bertz CT molecular complexity index is 515. The number of carbonyl (C=O) groups is 2. The fourth-order valence-electron chi connectivity index (χ4n) is 3.88. The van der Waals surface area contributed by atoms with Crippen LogP contribution in [-0.4, -0.2) is 48.9 Å². The molecule has 0 amide bonds. The second kappa shape index (κ2) is 11.5. The van der Waals surface area contributed by atoms with Crippen LogP contribution in [0, 0.1) is 11.8 Å². The van der Waals surface area contributed by atoms with Crippen molar-refractivity contribution >= 4 is 35.3 Å². The molecule has 154 valence electrons. The minimum atomic E-state index is -2.72. The SMILES string of the molecule is O=C1CC[C@H](/C=C/CCC2CCCCC2)[C@H]1SCCCSC(O)(O)C(=O)O. The number of hydrogen-bond donors (Lipinski definition) is 3. The maximum Gasteiger partial charge on any atom is 0.375 e. The third-order valence-corrected chi connectivity index (χ3v) is 8.01. The molecule has 7 heteroatoms. The standard InChI is InChI=1S/C20H32O5S2/c21-17-12-11-16(10-5-4-9-15-7-2-1-3-8-15)18(17)26-13-6-14-27-20(24,25)19(22)23/h5,10,15-16,18,24-25H,1-4,6-9,11-14H2,(H,22,23)/b10-5+/t16-,18+/m0/s1. The fraction of sp³-hybridized carbons (Fsp3) is 0.800. The number of allylic oxidation sites excluding steroid dienone is 2. The van der Waals surface area contributed by atoms with Crippen LogP contribution in [-0.2, 0) is 9.59 Å². The van der Waals surface area contributed by atoms with Crippen LogP contribution in [0.25, 0.3) is 0 Å². The molecule has 2 saturated carbocycles. The quantitative estimate of drug-likeness (QED) is 0.268. The minimum Gasteiger partial charge on any atom is -0.477 e. The van der Waals surface area contributed by atoms with Crippen LogP contribution < -0.4 is 0 Å². The van der Waals surface area contributed by atoms with E-state index in [4.69, 9.17) is 5.11 Å². The minimum absolute atomic E-state index is 0.00610. The average molecular weight is 417 g/mol. The van der Waals surface area contributed by atoms with Crippen LogP contribution in [0.2, 0.25) is 0 Å². The highest BCUT2D eigenvalue weighted by atomic mass is 32.2. The average Bonchev–Trinajstić information content (AvgIpc) is 2.99. The largest absolute Gasteiger partial charge is 0.477 e. The predicted molar refractivity (Wildman–Crippen MR) is 111 cm³/mol. The van der Waals surface area contributed by atoms with Gasteiger partial charge in [0.25, 0.3) is 0 Å². The molecular weight excluding hydrogens is 384 g/mol. The van der Waals surface area contributed by atoms with E-state index < -0.39 is 11.1 Å². The molecule has 0 aromatic carbocycles. The molecule has 0 spiro atoms. The van der Waals surface area contributed by atoms with Crippen LogP contribution in [0.3, 0.4) is 0 Å². The Morgan fingerprint density at radius 1 is 1.15 bits per heavy atom. The molecule has 0 aliphatic heterocycles. The summed E-state index contributed by atoms with van der Waals surface area (Å²) in [5.41, 5.74) is 0. The summed E-state index contributed by atoms with van der Waals surface area (Å²) in [6.07, 6.45) is 15.9. The molecule has 2 aliphatic rings. The molecule has 0 saturated heterocycles. The summed E-state index contributed by atoms with van der Waals surface area (Å²) < 4.78 is 0. The van der Waals surface area contributed by atoms with Gasteiger partial charge in [-0.25, -0.2) is 4.79 Å². The predicted octanol–water partition coefficient (Wildman–Crippen LogP) is 3.83. The van der Waals surface area contributed by atoms with E-state index in [0.29, 0.717) is 47.8 Å². The van der Waals surface area contributed by atoms with Crippen molar-refractivity contribution in [1.82, 2.24) is 0 Å². The topological polar surface area (TPSA) is 94.8 Å². The van der Waals surface area contributed by atoms with E-state index in [1.807, 2.05) is 0 Å². The van der Waals surface area contributed by atoms with Crippen molar-refractivity contribution in [3.05, 3.63) is 12.2 Å². The Morgan fingerprint density at radius 3 is 2.59 bits per heavy atom. The van der Waals surface area contributed by atoms with Crippen molar-refractivity contribution in [2.75, 3.05) is 11.5 Å². The smallest absolute Gasteiger partial charge is 0.375 e. The van der Waals surface area contributed by atoms with Crippen molar-refractivity contribution in [2.45, 2.75) is 74.6 Å². The van der Waals surface area contributed by atoms with E-state index in [9.17, 15) is 19.8 Å². The highest BCUT2D eigenvalue weighted by Gasteiger charge is 2.34. The first-order chi connectivity index (χ1) is 12.9. The highest BCUT2D eigenvalue weighted by Crippen LogP contribution is 2.35. The van der Waals surface area contributed by atoms with Gasteiger partial charge in [-0.05, 0) is 49.0 Å². The van der Waals surface area contributed by atoms with E-state index >= 15 is 0 Å². The number of aliphatic carboxylic acids is 1. The first-order valence-electron chi connectivity index (χ1n) is 10.0. The van der Waals surface area contributed by atoms with Gasteiger partial charge < -0.3 is 15.3 Å². The molecule has 0 heterocycles. The highest BCUT2D eigenvalue weighted by molar-refractivity contribution is 8.01. The van der Waals surface area contributed by atoms with Gasteiger partial charge >= 0.3 is 11.1 Å². The molecule has 2 fully saturated rings. The van der Waals surface area contributed by atoms with Crippen molar-refractivity contribution in [2.24, 2.45) is 11.8 Å². The van der Waals surface area contributed by atoms with Gasteiger partial charge in [0.1, 0.15) is 5.78 Å². The summed E-state index contributed by atoms with van der Waals surface area (Å²) in [6.45, 7) is 0. The number of carboxylic acids is 1. The molecule has 0 aromatic rings. The van der Waals surface area contributed by atoms with E-state index in [1.165, 1.54) is 38.5 Å². The Balaban J connectivity index is 1.65. The third-order valence-electron chi connectivity index (χ3n) is 5.45. The molecule has 2 atom stereocenters. The van der Waals surface area contributed by atoms with Gasteiger partial charge in [-0.2, -0.15) is 0 Å². The first kappa shape index (κ1) is 22.8. The number of thioether (sulfide) groups is 2. The Labute approximate surface area is 170 Å². The maximum absolute atomic E-state index is 12.2. The zero-order valence-electron chi connectivity index (χ0n) is 15.8. The lowest BCUT2D eigenvalue weighted by molar-refractivity contribution is -0.174. The number of rotatable bonds is 11. The summed E-state index contributed by atoms with van der Waals surface area (Å²) >= 11 is 2.22. The van der Waals surface area contributed by atoms with Crippen LogP contribution in [0.4, 0.5) is 0 Å². The summed E-state index contributed by atoms with van der Waals surface area (Å²) in [7, 11) is 0. The van der Waals surface area contributed by atoms with Crippen molar-refractivity contribution in [1.29, 1.82) is 0 Å². The molecule has 27 heavy (non-hydrogen) atoms. The van der Waals surface area contributed by atoms with E-state index in [0.717, 1.165) is 18.8 Å². The fourth-order valence-corrected chi connectivity index (χ4v) is 6.10. The lowest BCUT2D eigenvalue weighted by Crippen LogP contribution is -2.34. The zero-order chi connectivity index (χ0) is 19.7. The number of Topliss-reactive ketones (excluding diaryl/α,β-unsaturated/α-hetero) is 1. The van der Waals surface area contributed by atoms with Gasteiger partial charge in [-0.15, -0.1) is 11.8 Å². The molecule has 0 radical (unpaired) electrons. The van der Waals surface area contributed by atoms with E-state index in [2.05, 4.69) is 12.2 Å². The normalized spacial score (nSPS) is 24.7. The Morgan fingerprint density at radius 2 is 1.89 bits per heavy atom. The van der Waals surface area contributed by atoms with Crippen molar-refractivity contribution < 1.29 is 24.9 Å². The second-order valence-electron chi connectivity index (χ2n) is 7.59. The molecule has 2 aliphatic carbocycles. The van der Waals surface area contributed by atoms with Crippen LogP contribution in [0.5, 0.6) is 0 Å². The summed E-state index contributed by atoms with van der Waals surface area (Å²) in [5, 5.41) is 24.4. The first-order valence-corrected chi connectivity index (χ1v) is 12.1. The van der Waals surface area contributed by atoms with Gasteiger partial charge in [-0.3, -0.25) is 4.79 Å². The molecular formula is C20H32O5S2. The molecule has 2 rings (SSSR count).